The van der Waals surface area contributed by atoms with Crippen LogP contribution >= 0.6 is 0 Å². The molecule has 1 saturated heterocycles. The Bertz CT molecular complexity index is 914. The Morgan fingerprint density at radius 2 is 1.77 bits per heavy atom. The maximum absolute atomic E-state index is 12.5. The van der Waals surface area contributed by atoms with Crippen molar-refractivity contribution in [1.82, 2.24) is 0 Å². The number of aromatic hydroxyl groups is 1. The number of ether oxygens (including phenoxy) is 4. The van der Waals surface area contributed by atoms with Crippen molar-refractivity contribution in [3.8, 4) is 11.5 Å². The molecule has 6 nitrogen and oxygen atoms in total. The number of methoxy groups -OCH3 is 1. The molecule has 0 radical (unpaired) electrons. The third-order valence-corrected chi connectivity index (χ3v) is 5.00. The van der Waals surface area contributed by atoms with E-state index in [0.717, 1.165) is 0 Å². The SMILES string of the molecule is COC(=O)c1c2c(c3ccccc3c1O)OC(C)(C)[C@@H]1OC(C)(C)O[C@H]21. The molecule has 2 aliphatic heterocycles. The van der Waals surface area contributed by atoms with E-state index in [4.69, 9.17) is 18.9 Å². The Morgan fingerprint density at radius 1 is 1.12 bits per heavy atom. The third-order valence-electron chi connectivity index (χ3n) is 5.00. The van der Waals surface area contributed by atoms with Gasteiger partial charge in [-0.15, -0.1) is 0 Å². The monoisotopic (exact) mass is 358 g/mol. The van der Waals surface area contributed by atoms with Crippen LogP contribution in [0.2, 0.25) is 0 Å². The summed E-state index contributed by atoms with van der Waals surface area (Å²) in [4.78, 5) is 12.5. The lowest BCUT2D eigenvalue weighted by atomic mass is 9.84. The number of carbonyl (C=O) groups is 1. The molecule has 2 atom stereocenters. The molecular weight excluding hydrogens is 336 g/mol. The van der Waals surface area contributed by atoms with Crippen LogP contribution in [0.15, 0.2) is 24.3 Å². The zero-order valence-electron chi connectivity index (χ0n) is 15.5. The average Bonchev–Trinajstić information content (AvgIpc) is 2.92. The van der Waals surface area contributed by atoms with Gasteiger partial charge in [0.2, 0.25) is 0 Å². The molecule has 6 heteroatoms. The van der Waals surface area contributed by atoms with Crippen LogP contribution in [-0.4, -0.2) is 35.7 Å². The van der Waals surface area contributed by atoms with Crippen LogP contribution in [0.5, 0.6) is 11.5 Å². The van der Waals surface area contributed by atoms with Gasteiger partial charge < -0.3 is 24.1 Å². The molecule has 2 aromatic carbocycles. The highest BCUT2D eigenvalue weighted by atomic mass is 16.8. The molecule has 1 fully saturated rings. The second-order valence-electron chi connectivity index (χ2n) is 7.69. The zero-order chi connectivity index (χ0) is 18.9. The van der Waals surface area contributed by atoms with E-state index in [2.05, 4.69) is 0 Å². The summed E-state index contributed by atoms with van der Waals surface area (Å²) in [5, 5.41) is 12.1. The van der Waals surface area contributed by atoms with Gasteiger partial charge in [-0.1, -0.05) is 24.3 Å². The smallest absolute Gasteiger partial charge is 0.342 e. The van der Waals surface area contributed by atoms with E-state index in [0.29, 0.717) is 22.1 Å². The highest BCUT2D eigenvalue weighted by molar-refractivity contribution is 6.06. The molecule has 26 heavy (non-hydrogen) atoms. The predicted octanol–water partition coefficient (Wildman–Crippen LogP) is 3.70. The summed E-state index contributed by atoms with van der Waals surface area (Å²) in [6.07, 6.45) is -0.998. The minimum Gasteiger partial charge on any atom is -0.506 e. The van der Waals surface area contributed by atoms with E-state index in [9.17, 15) is 9.90 Å². The van der Waals surface area contributed by atoms with Crippen molar-refractivity contribution in [3.63, 3.8) is 0 Å². The van der Waals surface area contributed by atoms with Crippen molar-refractivity contribution in [2.75, 3.05) is 7.11 Å². The maximum Gasteiger partial charge on any atom is 0.342 e. The second-order valence-corrected chi connectivity index (χ2v) is 7.69. The first-order chi connectivity index (χ1) is 12.2. The highest BCUT2D eigenvalue weighted by Gasteiger charge is 2.56. The van der Waals surface area contributed by atoms with Crippen molar-refractivity contribution in [1.29, 1.82) is 0 Å². The minimum atomic E-state index is -0.841. The Balaban J connectivity index is 2.10. The molecule has 2 heterocycles. The first-order valence-electron chi connectivity index (χ1n) is 8.57. The lowest BCUT2D eigenvalue weighted by molar-refractivity contribution is -0.160. The molecule has 0 amide bonds. The first kappa shape index (κ1) is 17.1. The fourth-order valence-corrected chi connectivity index (χ4v) is 3.90. The van der Waals surface area contributed by atoms with E-state index in [1.165, 1.54) is 7.11 Å². The maximum atomic E-state index is 12.5. The van der Waals surface area contributed by atoms with Gasteiger partial charge in [0.15, 0.2) is 5.79 Å². The second kappa shape index (κ2) is 5.34. The summed E-state index contributed by atoms with van der Waals surface area (Å²) in [6, 6.07) is 7.25. The van der Waals surface area contributed by atoms with Crippen LogP contribution in [0.25, 0.3) is 10.8 Å². The van der Waals surface area contributed by atoms with Gasteiger partial charge in [-0.25, -0.2) is 4.79 Å². The number of carbonyl (C=O) groups excluding carboxylic acids is 1. The van der Waals surface area contributed by atoms with Gasteiger partial charge in [0, 0.05) is 16.3 Å². The third kappa shape index (κ3) is 2.29. The Hall–Kier alpha value is -2.31. The van der Waals surface area contributed by atoms with Crippen molar-refractivity contribution in [2.45, 2.75) is 51.3 Å². The molecule has 2 aliphatic rings. The van der Waals surface area contributed by atoms with E-state index in [1.54, 1.807) is 12.1 Å². The molecule has 4 rings (SSSR count). The van der Waals surface area contributed by atoms with Gasteiger partial charge in [0.1, 0.15) is 34.9 Å². The summed E-state index contributed by atoms with van der Waals surface area (Å²) in [5.74, 6) is -1.10. The van der Waals surface area contributed by atoms with Crippen LogP contribution in [0, 0.1) is 0 Å². The molecule has 0 bridgehead atoms. The van der Waals surface area contributed by atoms with Gasteiger partial charge in [-0.05, 0) is 27.7 Å². The van der Waals surface area contributed by atoms with Crippen LogP contribution in [0.1, 0.15) is 49.7 Å². The van der Waals surface area contributed by atoms with Crippen molar-refractivity contribution < 1.29 is 28.8 Å². The number of benzene rings is 2. The summed E-state index contributed by atoms with van der Waals surface area (Å²) >= 11 is 0. The molecular formula is C20H22O6. The summed E-state index contributed by atoms with van der Waals surface area (Å²) < 4.78 is 23.4. The molecule has 0 saturated carbocycles. The topological polar surface area (TPSA) is 74.2 Å². The van der Waals surface area contributed by atoms with E-state index in [-0.39, 0.29) is 11.3 Å². The van der Waals surface area contributed by atoms with E-state index >= 15 is 0 Å². The molecule has 1 N–H and O–H groups in total. The summed E-state index contributed by atoms with van der Waals surface area (Å²) in [5.41, 5.74) is -0.144. The quantitative estimate of drug-likeness (QED) is 0.784. The number of hydrogen-bond acceptors (Lipinski definition) is 6. The summed E-state index contributed by atoms with van der Waals surface area (Å²) in [6.45, 7) is 7.50. The lowest BCUT2D eigenvalue weighted by Crippen LogP contribution is -2.48. The molecule has 0 unspecified atom stereocenters. The number of rotatable bonds is 1. The summed E-state index contributed by atoms with van der Waals surface area (Å²) in [7, 11) is 1.28. The minimum absolute atomic E-state index is 0.0630. The number of fused-ring (bicyclic) bond motifs is 5. The van der Waals surface area contributed by atoms with Crippen molar-refractivity contribution in [3.05, 3.63) is 35.4 Å². The average molecular weight is 358 g/mol. The molecule has 0 aromatic heterocycles. The van der Waals surface area contributed by atoms with E-state index < -0.39 is 29.6 Å². The molecule has 2 aromatic rings. The fraction of sp³-hybridized carbons (Fsp3) is 0.450. The Kier molecular flexibility index (Phi) is 3.52. The number of phenols is 1. The largest absolute Gasteiger partial charge is 0.506 e. The first-order valence-corrected chi connectivity index (χ1v) is 8.57. The van der Waals surface area contributed by atoms with Gasteiger partial charge in [-0.2, -0.15) is 0 Å². The Labute approximate surface area is 151 Å². The highest BCUT2D eigenvalue weighted by Crippen LogP contribution is 2.55. The standard InChI is InChI=1S/C20H22O6/c1-19(2)17-16(25-20(3,4)26-17)13-12(18(22)23-5)14(21)10-8-6-7-9-11(10)15(13)24-19/h6-9,16-17,21H,1-5H3/t16-,17-/m1/s1. The Morgan fingerprint density at radius 3 is 2.42 bits per heavy atom. The van der Waals surface area contributed by atoms with Crippen LogP contribution in [0.3, 0.4) is 0 Å². The van der Waals surface area contributed by atoms with Gasteiger partial charge in [-0.3, -0.25) is 0 Å². The van der Waals surface area contributed by atoms with Gasteiger partial charge in [0.05, 0.1) is 7.11 Å². The van der Waals surface area contributed by atoms with E-state index in [1.807, 2.05) is 39.8 Å². The lowest BCUT2D eigenvalue weighted by Gasteiger charge is -2.40. The number of esters is 1. The fourth-order valence-electron chi connectivity index (χ4n) is 3.90. The number of hydrogen-bond donors (Lipinski definition) is 1. The van der Waals surface area contributed by atoms with Crippen LogP contribution in [0.4, 0.5) is 0 Å². The van der Waals surface area contributed by atoms with Gasteiger partial charge >= 0.3 is 5.97 Å². The molecule has 138 valence electrons. The normalized spacial score (nSPS) is 25.3. The van der Waals surface area contributed by atoms with Crippen LogP contribution in [-0.2, 0) is 14.2 Å². The molecule has 0 spiro atoms. The van der Waals surface area contributed by atoms with Crippen molar-refractivity contribution in [2.24, 2.45) is 0 Å². The predicted molar refractivity (Wildman–Crippen MR) is 94.4 cm³/mol. The van der Waals surface area contributed by atoms with Gasteiger partial charge in [0.25, 0.3) is 0 Å². The molecule has 0 aliphatic carbocycles. The number of phenolic OH excluding ortho intramolecular Hbond substituents is 1. The van der Waals surface area contributed by atoms with Crippen LogP contribution < -0.4 is 4.74 Å². The van der Waals surface area contributed by atoms with Crippen molar-refractivity contribution >= 4 is 16.7 Å². The zero-order valence-corrected chi connectivity index (χ0v) is 15.5.